The van der Waals surface area contributed by atoms with Crippen LogP contribution in [0.5, 0.6) is 11.5 Å². The molecular weight excluding hydrogens is 881 g/mol. The van der Waals surface area contributed by atoms with Gasteiger partial charge in [-0.15, -0.1) is 0 Å². The predicted molar refractivity (Wildman–Crippen MR) is 277 cm³/mol. The quantitative estimate of drug-likeness (QED) is 0.0255. The van der Waals surface area contributed by atoms with Gasteiger partial charge in [0.25, 0.3) is 0 Å². The van der Waals surface area contributed by atoms with Crippen LogP contribution in [0.4, 0.5) is 14.6 Å². The minimum Gasteiger partial charge on any atom is -0.508 e. The van der Waals surface area contributed by atoms with Crippen LogP contribution in [0.3, 0.4) is 0 Å². The van der Waals surface area contributed by atoms with E-state index in [0.717, 1.165) is 44.2 Å². The Morgan fingerprint density at radius 3 is 1.51 bits per heavy atom. The second-order valence-corrected chi connectivity index (χ2v) is 15.1. The molecule has 7 aromatic rings. The highest BCUT2D eigenvalue weighted by molar-refractivity contribution is 5.98. The molecule has 0 aliphatic heterocycles. The molecule has 19 N–H and O–H groups in total. The highest BCUT2D eigenvalue weighted by atomic mass is 19.1. The van der Waals surface area contributed by atoms with E-state index in [2.05, 4.69) is 15.7 Å². The van der Waals surface area contributed by atoms with E-state index in [1.165, 1.54) is 29.8 Å². The number of halogens is 2. The van der Waals surface area contributed by atoms with Gasteiger partial charge >= 0.3 is 0 Å². The first-order valence-corrected chi connectivity index (χ1v) is 20.6. The first-order chi connectivity index (χ1) is 32.4. The summed E-state index contributed by atoms with van der Waals surface area (Å²) >= 11 is 0. The number of nitroso groups, excluding NO2 is 1. The van der Waals surface area contributed by atoms with Gasteiger partial charge in [-0.1, -0.05) is 70.8 Å². The van der Waals surface area contributed by atoms with E-state index in [1.54, 1.807) is 63.4 Å². The summed E-state index contributed by atoms with van der Waals surface area (Å²) in [6.07, 6.45) is 1.63. The molecule has 0 atom stereocenters. The van der Waals surface area contributed by atoms with Gasteiger partial charge in [0.2, 0.25) is 0 Å². The van der Waals surface area contributed by atoms with Crippen molar-refractivity contribution in [1.29, 1.82) is 27.2 Å². The summed E-state index contributed by atoms with van der Waals surface area (Å²) in [6, 6.07) is 34.8. The Bertz CT molecular complexity index is 2850. The maximum absolute atomic E-state index is 12.8. The molecule has 0 saturated carbocycles. The molecule has 0 saturated heterocycles. The number of pyridine rings is 1. The van der Waals surface area contributed by atoms with E-state index in [1.807, 2.05) is 88.4 Å². The fourth-order valence-corrected chi connectivity index (χ4v) is 5.58. The number of nitrogens with one attached hydrogen (secondary N) is 5. The van der Waals surface area contributed by atoms with Gasteiger partial charge in [-0.05, 0) is 149 Å². The van der Waals surface area contributed by atoms with E-state index < -0.39 is 5.82 Å². The van der Waals surface area contributed by atoms with Gasteiger partial charge in [0.15, 0.2) is 0 Å². The molecule has 0 bridgehead atoms. The van der Waals surface area contributed by atoms with E-state index >= 15 is 0 Å². The minimum atomic E-state index is -0.442. The maximum atomic E-state index is 12.8. The van der Waals surface area contributed by atoms with E-state index in [0.29, 0.717) is 34.1 Å². The normalized spacial score (nSPS) is 9.84. The highest BCUT2D eigenvalue weighted by Gasteiger charge is 2.05. The Morgan fingerprint density at radius 1 is 0.551 bits per heavy atom. The Kier molecular flexibility index (Phi) is 24.2. The van der Waals surface area contributed by atoms with Crippen LogP contribution in [0.2, 0.25) is 0 Å². The lowest BCUT2D eigenvalue weighted by molar-refractivity contribution is 0.471. The number of aromatic hydroxyl groups is 2. The lowest BCUT2D eigenvalue weighted by Crippen LogP contribution is -2.15. The lowest BCUT2D eigenvalue weighted by Gasteiger charge is -2.03. The smallest absolute Gasteiger partial charge is 0.150 e. The number of phenols is 2. The number of amidine groups is 4. The number of hydrogen-bond acceptors (Lipinski definition) is 12. The van der Waals surface area contributed by atoms with Crippen molar-refractivity contribution in [1.82, 2.24) is 4.98 Å². The number of nitrogens with two attached hydrogens (primary N) is 6. The number of aromatic nitrogens is 1. The van der Waals surface area contributed by atoms with Crippen molar-refractivity contribution in [2.75, 3.05) is 5.73 Å². The Balaban J connectivity index is 0.000000412. The van der Waals surface area contributed by atoms with E-state index in [4.69, 9.17) is 66.2 Å². The monoisotopic (exact) mass is 941 g/mol. The predicted octanol–water partition coefficient (Wildman–Crippen LogP) is 8.94. The van der Waals surface area contributed by atoms with Crippen molar-refractivity contribution in [3.8, 4) is 11.5 Å². The van der Waals surface area contributed by atoms with Crippen LogP contribution >= 0.6 is 0 Å². The van der Waals surface area contributed by atoms with Gasteiger partial charge in [-0.25, -0.2) is 13.8 Å². The van der Waals surface area contributed by atoms with E-state index in [9.17, 15) is 13.9 Å². The van der Waals surface area contributed by atoms with Crippen molar-refractivity contribution in [3.05, 3.63) is 205 Å². The molecule has 6 aromatic carbocycles. The number of aryl methyl sites for hydroxylation is 6. The minimum absolute atomic E-state index is 0.0214. The first kappa shape index (κ1) is 58.0. The molecule has 1 heterocycles. The van der Waals surface area contributed by atoms with Gasteiger partial charge in [0.1, 0.15) is 52.3 Å². The molecule has 69 heavy (non-hydrogen) atoms. The molecule has 0 aliphatic carbocycles. The van der Waals surface area contributed by atoms with Crippen molar-refractivity contribution < 1.29 is 19.0 Å². The molecule has 0 unspecified atom stereocenters. The molecule has 0 aliphatic rings. The third-order valence-electron chi connectivity index (χ3n) is 9.40. The molecule has 16 nitrogen and oxygen atoms in total. The zero-order chi connectivity index (χ0) is 52.5. The van der Waals surface area contributed by atoms with Crippen LogP contribution in [0.15, 0.2) is 133 Å². The molecule has 0 amide bonds. The number of nitrogen functional groups attached to an aromatic ring is 4. The molecule has 0 spiro atoms. The number of hydrogen-bond donors (Lipinski definition) is 13. The summed E-state index contributed by atoms with van der Waals surface area (Å²) in [5, 5.41) is 52.3. The van der Waals surface area contributed by atoms with Crippen LogP contribution in [0.1, 0.15) is 68.1 Å². The molecule has 7 rings (SSSR count). The summed E-state index contributed by atoms with van der Waals surface area (Å²) in [5.41, 5.74) is 40.4. The van der Waals surface area contributed by atoms with Gasteiger partial charge in [0, 0.05) is 34.0 Å². The number of nitrogens with zero attached hydrogens (tertiary/aromatic N) is 2. The van der Waals surface area contributed by atoms with Gasteiger partial charge in [-0.3, -0.25) is 16.2 Å². The summed E-state index contributed by atoms with van der Waals surface area (Å²) < 4.78 is 25.5. The lowest BCUT2D eigenvalue weighted by atomic mass is 10.1. The number of benzene rings is 6. The van der Waals surface area contributed by atoms with Crippen molar-refractivity contribution in [2.24, 2.45) is 33.9 Å². The summed E-state index contributed by atoms with van der Waals surface area (Å²) in [4.78, 5) is 11.5. The average molecular weight is 942 g/mol. The maximum Gasteiger partial charge on any atom is 0.150 e. The zero-order valence-corrected chi connectivity index (χ0v) is 39.5. The fraction of sp³-hybridized carbons (Fsp3) is 0.137. The number of fused-ring (bicyclic) bond motifs is 1. The highest BCUT2D eigenvalue weighted by Crippen LogP contribution is 2.26. The average Bonchev–Trinajstić information content (AvgIpc) is 3.31. The first-order valence-electron chi connectivity index (χ1n) is 20.6. The van der Waals surface area contributed by atoms with Gasteiger partial charge in [0.05, 0.1) is 5.56 Å². The largest absolute Gasteiger partial charge is 0.508 e. The van der Waals surface area contributed by atoms with Crippen LogP contribution in [-0.4, -0.2) is 44.3 Å². The second kappa shape index (κ2) is 28.8. The van der Waals surface area contributed by atoms with Crippen LogP contribution in [-0.2, 0) is 0 Å². The Labute approximate surface area is 400 Å². The number of anilines is 1. The van der Waals surface area contributed by atoms with E-state index in [-0.39, 0.29) is 40.4 Å². The SMILES string of the molecule is CC(=N)c1cccc(C)c1.Cc1cc(C(=N)N)ccc1F.Cc1cc(C(=N)N)ccc1O.Cc1cc2c(N)nccc2cc1O.Cc1ccc(F)c(C(=N)N)c1.Cc1cccc(C(N)=NN)c1.N=O. The number of hydrazone groups is 1. The van der Waals surface area contributed by atoms with Crippen molar-refractivity contribution in [2.45, 2.75) is 48.5 Å². The molecule has 0 radical (unpaired) electrons. The summed E-state index contributed by atoms with van der Waals surface area (Å²) in [5.74, 6) is 5.45. The molecule has 362 valence electrons. The van der Waals surface area contributed by atoms with Crippen LogP contribution in [0.25, 0.3) is 10.8 Å². The standard InChI is InChI=1S/C10H10N2O.C9H11N.2C8H9FN2.C8H11N3.C8H10N2O.HNO/c1-6-4-8-7(5-9(6)13)2-3-12-10(8)11;1-7-4-3-5-9(6-7)8(2)10;1-5-4-6(8(10)11)2-3-7(5)9;1-5-2-3-7(9)6(4-5)8(10)11;1-6-3-2-4-7(5-6)8(9)11-10;1-5-4-6(8(9)10)2-3-7(5)11;1-2/h2-5,13H,1H3,(H2,11,12);3-6,10H,1-2H3;2*2-4H,1H3,(H3,10,11);2-5H,10H2,1H3,(H2,9,11);2-4,11H,1H3,(H3,9,10);1H. The molecule has 18 heteroatoms. The third kappa shape index (κ3) is 19.9. The molecule has 0 fully saturated rings. The molecular formula is C51H61F2N13O3. The number of phenolic OH excluding ortho intramolecular Hbond substituents is 2. The van der Waals surface area contributed by atoms with Crippen LogP contribution < -0.4 is 34.5 Å². The van der Waals surface area contributed by atoms with Crippen LogP contribution in [0, 0.1) is 85.3 Å². The van der Waals surface area contributed by atoms with Crippen molar-refractivity contribution in [3.63, 3.8) is 0 Å². The Morgan fingerprint density at radius 2 is 1.04 bits per heavy atom. The van der Waals surface area contributed by atoms with Gasteiger partial charge in [-0.2, -0.15) is 10.0 Å². The van der Waals surface area contributed by atoms with Gasteiger partial charge < -0.3 is 50.1 Å². The Hall–Kier alpha value is -9.06. The number of rotatable bonds is 5. The topological polar surface area (TPSA) is 358 Å². The fourth-order valence-electron chi connectivity index (χ4n) is 5.58. The summed E-state index contributed by atoms with van der Waals surface area (Å²) in [6.45, 7) is 12.9. The third-order valence-corrected chi connectivity index (χ3v) is 9.40. The van der Waals surface area contributed by atoms with Crippen molar-refractivity contribution >= 4 is 45.6 Å². The summed E-state index contributed by atoms with van der Waals surface area (Å²) in [7, 11) is 0. The molecule has 1 aromatic heterocycles. The second-order valence-electron chi connectivity index (χ2n) is 15.1. The zero-order valence-electron chi connectivity index (χ0n) is 39.5.